The molecule has 1 atom stereocenters. The van der Waals surface area contributed by atoms with Crippen LogP contribution in [0.5, 0.6) is 5.75 Å². The molecule has 3 aromatic rings. The summed E-state index contributed by atoms with van der Waals surface area (Å²) in [5.41, 5.74) is 2.41. The van der Waals surface area contributed by atoms with Gasteiger partial charge in [-0.2, -0.15) is 0 Å². The van der Waals surface area contributed by atoms with E-state index >= 15 is 0 Å². The molecule has 1 aliphatic carbocycles. The molecule has 0 bridgehead atoms. The minimum Gasteiger partial charge on any atom is -0.489 e. The van der Waals surface area contributed by atoms with Gasteiger partial charge in [0.2, 0.25) is 23.5 Å². The quantitative estimate of drug-likeness (QED) is 0.242. The van der Waals surface area contributed by atoms with Gasteiger partial charge in [-0.15, -0.1) is 0 Å². The number of anilines is 2. The highest BCUT2D eigenvalue weighted by Gasteiger charge is 2.67. The molecule has 9 rings (SSSR count). The highest BCUT2D eigenvalue weighted by atomic mass is 35.5. The third-order valence-corrected chi connectivity index (χ3v) is 13.9. The van der Waals surface area contributed by atoms with Gasteiger partial charge < -0.3 is 19.4 Å². The molecule has 2 aromatic carbocycles. The summed E-state index contributed by atoms with van der Waals surface area (Å²) in [6, 6.07) is 9.35. The summed E-state index contributed by atoms with van der Waals surface area (Å²) in [5, 5.41) is 2.60. The first-order valence-electron chi connectivity index (χ1n) is 20.7. The first-order chi connectivity index (χ1) is 28.6. The number of imide groups is 2. The number of amides is 5. The highest BCUT2D eigenvalue weighted by Crippen LogP contribution is 2.59. The summed E-state index contributed by atoms with van der Waals surface area (Å²) in [7, 11) is 0. The van der Waals surface area contributed by atoms with E-state index in [1.807, 2.05) is 11.0 Å². The molecule has 60 heavy (non-hydrogen) atoms. The number of aromatic nitrogens is 2. The molecule has 1 N–H and O–H groups in total. The highest BCUT2D eigenvalue weighted by molar-refractivity contribution is 6.33. The van der Waals surface area contributed by atoms with Crippen LogP contribution in [0.4, 0.5) is 17.3 Å². The normalized spacial score (nSPS) is 25.2. The van der Waals surface area contributed by atoms with E-state index in [0.29, 0.717) is 46.0 Å². The number of piperidine rings is 2. The van der Waals surface area contributed by atoms with E-state index in [4.69, 9.17) is 32.9 Å². The Balaban J connectivity index is 0.766. The Bertz CT molecular complexity index is 2350. The van der Waals surface area contributed by atoms with Crippen LogP contribution in [0.25, 0.3) is 4.85 Å². The fourth-order valence-electron chi connectivity index (χ4n) is 11.0. The van der Waals surface area contributed by atoms with E-state index in [0.717, 1.165) is 74.9 Å². The van der Waals surface area contributed by atoms with Crippen molar-refractivity contribution in [3.8, 4) is 5.75 Å². The molecule has 6 heterocycles. The molecule has 1 unspecified atom stereocenters. The van der Waals surface area contributed by atoms with Crippen LogP contribution in [0.15, 0.2) is 42.6 Å². The number of carbonyl (C=O) groups excluding carboxylic acids is 5. The minimum atomic E-state index is -0.981. The standard InChI is InChI=1S/C44H48ClN9O6/c1-43(2)40(44(3,4)41(43)60-27-7-9-32(46-5)31(45)21-27)53-24-33-30(37(53)57)22-47-42(48-33)52-14-12-25(13-15-52)23-50-16-18-51(19-17-50)26-6-8-28-29(20-26)39(59)54(38(28)58)34-10-11-35(55)49-36(34)56/h6-9,20-22,25,34,40-41H,10-19,23-24H2,1-4H3,(H,49,55,56). The van der Waals surface area contributed by atoms with E-state index in [-0.39, 0.29) is 47.3 Å². The Morgan fingerprint density at radius 1 is 0.850 bits per heavy atom. The molecule has 1 saturated carbocycles. The largest absolute Gasteiger partial charge is 0.489 e. The molecule has 3 saturated heterocycles. The maximum atomic E-state index is 13.9. The van der Waals surface area contributed by atoms with Gasteiger partial charge in [-0.05, 0) is 55.5 Å². The zero-order valence-corrected chi connectivity index (χ0v) is 35.0. The maximum absolute atomic E-state index is 13.9. The Morgan fingerprint density at radius 2 is 1.57 bits per heavy atom. The monoisotopic (exact) mass is 833 g/mol. The lowest BCUT2D eigenvalue weighted by molar-refractivity contribution is -0.199. The fourth-order valence-corrected chi connectivity index (χ4v) is 11.2. The number of piperazine rings is 1. The van der Waals surface area contributed by atoms with Crippen LogP contribution < -0.4 is 19.9 Å². The van der Waals surface area contributed by atoms with Crippen molar-refractivity contribution >= 4 is 58.5 Å². The molecular formula is C44H48ClN9O6. The van der Waals surface area contributed by atoms with E-state index < -0.39 is 29.7 Å². The number of fused-ring (bicyclic) bond motifs is 2. The SMILES string of the molecule is [C-]#[N+]c1ccc(OC2C(C)(C)C(N3Cc4nc(N5CCC(CN6CCN(c7ccc8c(c7)C(=O)N(C7CCC(=O)NC7=O)C8=O)CC6)CC5)ncc4C3=O)C2(C)C)cc1Cl. The second-order valence-electron chi connectivity index (χ2n) is 18.1. The first-order valence-corrected chi connectivity index (χ1v) is 21.1. The van der Waals surface area contributed by atoms with Crippen LogP contribution >= 0.6 is 11.6 Å². The summed E-state index contributed by atoms with van der Waals surface area (Å²) < 4.78 is 6.48. The summed E-state index contributed by atoms with van der Waals surface area (Å²) in [6.45, 7) is 22.2. The van der Waals surface area contributed by atoms with Crippen LogP contribution in [0, 0.1) is 23.3 Å². The van der Waals surface area contributed by atoms with Crippen molar-refractivity contribution in [2.45, 2.75) is 78.1 Å². The second kappa shape index (κ2) is 14.8. The summed E-state index contributed by atoms with van der Waals surface area (Å²) in [6.07, 6.45) is 3.73. The van der Waals surface area contributed by atoms with Crippen LogP contribution in [0.2, 0.25) is 5.02 Å². The van der Waals surface area contributed by atoms with Crippen molar-refractivity contribution in [1.82, 2.24) is 30.0 Å². The number of nitrogens with one attached hydrogen (secondary N) is 1. The number of hydrogen-bond acceptors (Lipinski definition) is 11. The zero-order chi connectivity index (χ0) is 42.2. The zero-order valence-electron chi connectivity index (χ0n) is 34.2. The fraction of sp³-hybridized carbons (Fsp3) is 0.500. The van der Waals surface area contributed by atoms with E-state index in [9.17, 15) is 24.0 Å². The average molecular weight is 834 g/mol. The summed E-state index contributed by atoms with van der Waals surface area (Å²) >= 11 is 6.30. The van der Waals surface area contributed by atoms with Gasteiger partial charge >= 0.3 is 0 Å². The molecule has 6 aliphatic rings. The van der Waals surface area contributed by atoms with Gasteiger partial charge in [0.05, 0.1) is 40.5 Å². The van der Waals surface area contributed by atoms with E-state index in [1.165, 1.54) is 0 Å². The van der Waals surface area contributed by atoms with Gasteiger partial charge in [0.1, 0.15) is 17.9 Å². The van der Waals surface area contributed by atoms with Gasteiger partial charge in [-0.1, -0.05) is 45.4 Å². The Labute approximate surface area is 353 Å². The predicted octanol–water partition coefficient (Wildman–Crippen LogP) is 4.96. The number of carbonyl (C=O) groups is 5. The lowest BCUT2D eigenvalue weighted by Crippen LogP contribution is -2.74. The molecule has 312 valence electrons. The Morgan fingerprint density at radius 3 is 2.25 bits per heavy atom. The number of halogens is 1. The lowest BCUT2D eigenvalue weighted by atomic mass is 9.49. The molecular weight excluding hydrogens is 786 g/mol. The van der Waals surface area contributed by atoms with Crippen molar-refractivity contribution in [2.75, 3.05) is 55.6 Å². The molecule has 5 amide bonds. The van der Waals surface area contributed by atoms with Gasteiger partial charge in [-0.25, -0.2) is 14.8 Å². The second-order valence-corrected chi connectivity index (χ2v) is 18.5. The third-order valence-electron chi connectivity index (χ3n) is 13.6. The van der Waals surface area contributed by atoms with Gasteiger partial charge in [0, 0.05) is 81.0 Å². The van der Waals surface area contributed by atoms with Gasteiger partial charge in [0.25, 0.3) is 17.7 Å². The summed E-state index contributed by atoms with van der Waals surface area (Å²) in [5.74, 6) is -0.258. The Hall–Kier alpha value is -5.59. The van der Waals surface area contributed by atoms with Crippen LogP contribution in [0.3, 0.4) is 0 Å². The third kappa shape index (κ3) is 6.64. The van der Waals surface area contributed by atoms with E-state index in [2.05, 4.69) is 52.6 Å². The van der Waals surface area contributed by atoms with Crippen molar-refractivity contribution in [3.63, 3.8) is 0 Å². The molecule has 1 aromatic heterocycles. The van der Waals surface area contributed by atoms with Crippen molar-refractivity contribution in [1.29, 1.82) is 0 Å². The first kappa shape index (κ1) is 39.8. The molecule has 4 fully saturated rings. The number of nitrogens with zero attached hydrogens (tertiary/aromatic N) is 8. The van der Waals surface area contributed by atoms with Crippen LogP contribution in [-0.2, 0) is 16.1 Å². The molecule has 5 aliphatic heterocycles. The van der Waals surface area contributed by atoms with Crippen molar-refractivity contribution in [3.05, 3.63) is 81.4 Å². The number of ether oxygens (including phenoxy) is 1. The predicted molar refractivity (Wildman–Crippen MR) is 222 cm³/mol. The molecule has 15 nitrogen and oxygen atoms in total. The molecule has 0 radical (unpaired) electrons. The number of benzene rings is 2. The van der Waals surface area contributed by atoms with Crippen molar-refractivity contribution in [2.24, 2.45) is 16.7 Å². The van der Waals surface area contributed by atoms with Gasteiger partial charge in [0.15, 0.2) is 0 Å². The smallest absolute Gasteiger partial charge is 0.262 e. The maximum Gasteiger partial charge on any atom is 0.262 e. The van der Waals surface area contributed by atoms with Crippen LogP contribution in [-0.4, -0.2) is 118 Å². The molecule has 16 heteroatoms. The number of rotatable bonds is 8. The Kier molecular flexibility index (Phi) is 9.86. The van der Waals surface area contributed by atoms with E-state index in [1.54, 1.807) is 36.5 Å². The average Bonchev–Trinajstić information content (AvgIpc) is 3.67. The lowest BCUT2D eigenvalue weighted by Gasteiger charge is -2.65. The number of hydrogen-bond donors (Lipinski definition) is 1. The van der Waals surface area contributed by atoms with Crippen LogP contribution in [0.1, 0.15) is 90.1 Å². The van der Waals surface area contributed by atoms with Gasteiger partial charge in [-0.3, -0.25) is 39.1 Å². The topological polar surface area (TPSA) is 153 Å². The van der Waals surface area contributed by atoms with Crippen molar-refractivity contribution < 1.29 is 28.7 Å². The minimum absolute atomic E-state index is 0.0550. The summed E-state index contributed by atoms with van der Waals surface area (Å²) in [4.78, 5) is 87.5. The molecule has 0 spiro atoms.